The number of carbonyl (C=O) groups is 1. The smallest absolute Gasteiger partial charge is 0.232 e. The number of sulfonamides is 1. The van der Waals surface area contributed by atoms with Gasteiger partial charge in [-0.1, -0.05) is 0 Å². The van der Waals surface area contributed by atoms with Crippen LogP contribution < -0.4 is 14.5 Å². The first-order valence-corrected chi connectivity index (χ1v) is 11.1. The fourth-order valence-electron chi connectivity index (χ4n) is 3.06. The Morgan fingerprint density at radius 2 is 1.67 bits per heavy atom. The highest BCUT2D eigenvalue weighted by Gasteiger charge is 2.21. The van der Waals surface area contributed by atoms with Crippen LogP contribution in [0.5, 0.6) is 0 Å². The SMILES string of the molecule is CN1CCN(c2ccc(N(CCC(=O)NC(C)(C)C)S(C)(=O)=O)cc2)CC1. The number of rotatable bonds is 6. The van der Waals surface area contributed by atoms with Crippen molar-refractivity contribution in [2.75, 3.05) is 55.2 Å². The van der Waals surface area contributed by atoms with Crippen LogP contribution in [0.25, 0.3) is 0 Å². The molecule has 1 aromatic carbocycles. The molecule has 1 amide bonds. The maximum absolute atomic E-state index is 12.2. The quantitative estimate of drug-likeness (QED) is 0.789. The largest absolute Gasteiger partial charge is 0.369 e. The highest BCUT2D eigenvalue weighted by Crippen LogP contribution is 2.23. The van der Waals surface area contributed by atoms with Gasteiger partial charge >= 0.3 is 0 Å². The third kappa shape index (κ3) is 6.70. The number of carbonyl (C=O) groups excluding carboxylic acids is 1. The Kier molecular flexibility index (Phi) is 6.75. The summed E-state index contributed by atoms with van der Waals surface area (Å²) in [6.45, 7) is 9.76. The highest BCUT2D eigenvalue weighted by molar-refractivity contribution is 7.92. The van der Waals surface area contributed by atoms with Gasteiger partial charge in [-0.3, -0.25) is 9.10 Å². The summed E-state index contributed by atoms with van der Waals surface area (Å²) in [6, 6.07) is 7.54. The molecule has 8 heteroatoms. The van der Waals surface area contributed by atoms with Crippen molar-refractivity contribution in [2.24, 2.45) is 0 Å². The summed E-state index contributed by atoms with van der Waals surface area (Å²) in [5, 5.41) is 2.86. The average molecular weight is 397 g/mol. The van der Waals surface area contributed by atoms with E-state index in [0.29, 0.717) is 5.69 Å². The molecule has 0 unspecified atom stereocenters. The molecule has 152 valence electrons. The van der Waals surface area contributed by atoms with Gasteiger partial charge in [-0.25, -0.2) is 8.42 Å². The van der Waals surface area contributed by atoms with Gasteiger partial charge in [0.1, 0.15) is 0 Å². The zero-order valence-electron chi connectivity index (χ0n) is 17.0. The molecular weight excluding hydrogens is 364 g/mol. The first kappa shape index (κ1) is 21.5. The number of piperazine rings is 1. The molecule has 0 aliphatic carbocycles. The fourth-order valence-corrected chi connectivity index (χ4v) is 3.99. The van der Waals surface area contributed by atoms with Crippen molar-refractivity contribution in [3.05, 3.63) is 24.3 Å². The van der Waals surface area contributed by atoms with Crippen LogP contribution in [-0.2, 0) is 14.8 Å². The second-order valence-electron chi connectivity index (χ2n) is 8.19. The van der Waals surface area contributed by atoms with Gasteiger partial charge in [0.05, 0.1) is 11.9 Å². The molecule has 0 saturated carbocycles. The van der Waals surface area contributed by atoms with Crippen molar-refractivity contribution in [2.45, 2.75) is 32.7 Å². The fraction of sp³-hybridized carbons (Fsp3) is 0.632. The van der Waals surface area contributed by atoms with Gasteiger partial charge in [0.15, 0.2) is 0 Å². The van der Waals surface area contributed by atoms with Gasteiger partial charge in [-0.05, 0) is 52.1 Å². The minimum Gasteiger partial charge on any atom is -0.369 e. The van der Waals surface area contributed by atoms with E-state index in [1.807, 2.05) is 45.0 Å². The molecule has 1 heterocycles. The van der Waals surface area contributed by atoms with Crippen LogP contribution in [0.3, 0.4) is 0 Å². The maximum Gasteiger partial charge on any atom is 0.232 e. The second kappa shape index (κ2) is 8.48. The minimum absolute atomic E-state index is 0.116. The monoisotopic (exact) mass is 396 g/mol. The van der Waals surface area contributed by atoms with E-state index in [2.05, 4.69) is 22.2 Å². The summed E-state index contributed by atoms with van der Waals surface area (Å²) >= 11 is 0. The molecule has 1 fully saturated rings. The number of hydrogen-bond acceptors (Lipinski definition) is 5. The molecule has 0 spiro atoms. The van der Waals surface area contributed by atoms with Crippen molar-refractivity contribution in [3.63, 3.8) is 0 Å². The van der Waals surface area contributed by atoms with Crippen molar-refractivity contribution >= 4 is 27.3 Å². The molecule has 7 nitrogen and oxygen atoms in total. The number of nitrogens with zero attached hydrogens (tertiary/aromatic N) is 3. The van der Waals surface area contributed by atoms with Crippen LogP contribution in [0.4, 0.5) is 11.4 Å². The Hall–Kier alpha value is -1.80. The predicted molar refractivity (Wildman–Crippen MR) is 111 cm³/mol. The van der Waals surface area contributed by atoms with Gasteiger partial charge in [-0.2, -0.15) is 0 Å². The lowest BCUT2D eigenvalue weighted by Crippen LogP contribution is -2.44. The van der Waals surface area contributed by atoms with E-state index >= 15 is 0 Å². The Labute approximate surface area is 163 Å². The lowest BCUT2D eigenvalue weighted by molar-refractivity contribution is -0.122. The van der Waals surface area contributed by atoms with E-state index in [9.17, 15) is 13.2 Å². The molecular formula is C19H32N4O3S. The van der Waals surface area contributed by atoms with Gasteiger partial charge in [-0.15, -0.1) is 0 Å². The molecule has 0 bridgehead atoms. The van der Waals surface area contributed by atoms with Crippen LogP contribution >= 0.6 is 0 Å². The molecule has 1 aromatic rings. The van der Waals surface area contributed by atoms with Crippen LogP contribution in [0.15, 0.2) is 24.3 Å². The normalized spacial score (nSPS) is 16.3. The lowest BCUT2D eigenvalue weighted by Gasteiger charge is -2.34. The van der Waals surface area contributed by atoms with E-state index in [4.69, 9.17) is 0 Å². The lowest BCUT2D eigenvalue weighted by atomic mass is 10.1. The molecule has 0 atom stereocenters. The zero-order chi connectivity index (χ0) is 20.2. The summed E-state index contributed by atoms with van der Waals surface area (Å²) in [6.07, 6.45) is 1.29. The van der Waals surface area contributed by atoms with Crippen molar-refractivity contribution in [1.82, 2.24) is 10.2 Å². The zero-order valence-corrected chi connectivity index (χ0v) is 17.8. The Morgan fingerprint density at radius 3 is 2.15 bits per heavy atom. The molecule has 1 N–H and O–H groups in total. The highest BCUT2D eigenvalue weighted by atomic mass is 32.2. The van der Waals surface area contributed by atoms with E-state index in [1.54, 1.807) is 0 Å². The first-order valence-electron chi connectivity index (χ1n) is 9.28. The first-order chi connectivity index (χ1) is 12.5. The number of benzene rings is 1. The molecule has 0 radical (unpaired) electrons. The topological polar surface area (TPSA) is 73.0 Å². The number of hydrogen-bond donors (Lipinski definition) is 1. The molecule has 27 heavy (non-hydrogen) atoms. The maximum atomic E-state index is 12.2. The molecule has 1 aliphatic rings. The van der Waals surface area contributed by atoms with Crippen LogP contribution in [0.1, 0.15) is 27.2 Å². The Balaban J connectivity index is 2.07. The summed E-state index contributed by atoms with van der Waals surface area (Å²) in [5.74, 6) is -0.162. The third-order valence-corrected chi connectivity index (χ3v) is 5.66. The van der Waals surface area contributed by atoms with Gasteiger partial charge in [0.2, 0.25) is 15.9 Å². The number of amides is 1. The van der Waals surface area contributed by atoms with Crippen molar-refractivity contribution in [3.8, 4) is 0 Å². The van der Waals surface area contributed by atoms with E-state index < -0.39 is 10.0 Å². The van der Waals surface area contributed by atoms with Crippen molar-refractivity contribution < 1.29 is 13.2 Å². The Bertz CT molecular complexity index is 733. The van der Waals surface area contributed by atoms with Crippen LogP contribution in [-0.4, -0.2) is 70.8 Å². The summed E-state index contributed by atoms with van der Waals surface area (Å²) in [4.78, 5) is 16.7. The van der Waals surface area contributed by atoms with E-state index in [-0.39, 0.29) is 24.4 Å². The Morgan fingerprint density at radius 1 is 1.11 bits per heavy atom. The van der Waals surface area contributed by atoms with E-state index in [0.717, 1.165) is 31.9 Å². The molecule has 1 saturated heterocycles. The van der Waals surface area contributed by atoms with Gasteiger partial charge < -0.3 is 15.1 Å². The predicted octanol–water partition coefficient (Wildman–Crippen LogP) is 1.51. The summed E-state index contributed by atoms with van der Waals surface area (Å²) in [7, 11) is -1.36. The standard InChI is InChI=1S/C19H32N4O3S/c1-19(2,3)20-18(24)10-11-23(27(5,25)26)17-8-6-16(7-9-17)22-14-12-21(4)13-15-22/h6-9H,10-15H2,1-5H3,(H,20,24). The average Bonchev–Trinajstić information content (AvgIpc) is 2.53. The van der Waals surface area contributed by atoms with Crippen LogP contribution in [0.2, 0.25) is 0 Å². The summed E-state index contributed by atoms with van der Waals surface area (Å²) in [5.41, 5.74) is 1.33. The molecule has 0 aromatic heterocycles. The third-order valence-electron chi connectivity index (χ3n) is 4.46. The number of anilines is 2. The van der Waals surface area contributed by atoms with Gasteiger partial charge in [0, 0.05) is 50.4 Å². The minimum atomic E-state index is -3.47. The van der Waals surface area contributed by atoms with E-state index in [1.165, 1.54) is 10.6 Å². The van der Waals surface area contributed by atoms with Crippen LogP contribution in [0, 0.1) is 0 Å². The van der Waals surface area contributed by atoms with Crippen molar-refractivity contribution in [1.29, 1.82) is 0 Å². The second-order valence-corrected chi connectivity index (χ2v) is 10.1. The van der Waals surface area contributed by atoms with Gasteiger partial charge in [0.25, 0.3) is 0 Å². The summed E-state index contributed by atoms with van der Waals surface area (Å²) < 4.78 is 25.8. The molecule has 2 rings (SSSR count). The number of nitrogens with one attached hydrogen (secondary N) is 1. The molecule has 1 aliphatic heterocycles. The number of likely N-dealkylation sites (N-methyl/N-ethyl adjacent to an activating group) is 1.